The van der Waals surface area contributed by atoms with Gasteiger partial charge in [0, 0.05) is 9.99 Å². The Kier molecular flexibility index (Phi) is 3.72. The number of halogens is 2. The van der Waals surface area contributed by atoms with Crippen molar-refractivity contribution in [3.05, 3.63) is 62.7 Å². The van der Waals surface area contributed by atoms with Crippen molar-refractivity contribution in [3.63, 3.8) is 0 Å². The highest BCUT2D eigenvalue weighted by molar-refractivity contribution is 14.1. The van der Waals surface area contributed by atoms with E-state index >= 15 is 0 Å². The van der Waals surface area contributed by atoms with Crippen LogP contribution in [0.1, 0.15) is 29.0 Å². The van der Waals surface area contributed by atoms with Crippen molar-refractivity contribution >= 4 is 34.2 Å². The molecule has 2 atom stereocenters. The standard InChI is InChI=1S/C16H14ClIO/c1-10-8-12-9-11(6-7-15(12)19-10)16(17)13-4-2-3-5-14(13)18/h2-7,9-10,16H,8H2,1H3. The minimum absolute atomic E-state index is 0.102. The number of alkyl halides is 1. The molecule has 0 spiro atoms. The van der Waals surface area contributed by atoms with Crippen molar-refractivity contribution in [2.75, 3.05) is 0 Å². The second-order valence-electron chi connectivity index (χ2n) is 4.88. The normalized spacial score (nSPS) is 18.8. The van der Waals surface area contributed by atoms with E-state index in [0.717, 1.165) is 23.3 Å². The molecule has 19 heavy (non-hydrogen) atoms. The first-order chi connectivity index (χ1) is 9.15. The van der Waals surface area contributed by atoms with Crippen LogP contribution >= 0.6 is 34.2 Å². The van der Waals surface area contributed by atoms with Crippen LogP contribution in [0, 0.1) is 3.57 Å². The van der Waals surface area contributed by atoms with Gasteiger partial charge in [-0.1, -0.05) is 30.3 Å². The Morgan fingerprint density at radius 1 is 1.26 bits per heavy atom. The Hall–Kier alpha value is -0.740. The number of rotatable bonds is 2. The summed E-state index contributed by atoms with van der Waals surface area (Å²) >= 11 is 8.96. The molecular weight excluding hydrogens is 371 g/mol. The largest absolute Gasteiger partial charge is 0.490 e. The number of ether oxygens (including phenoxy) is 1. The summed E-state index contributed by atoms with van der Waals surface area (Å²) in [6.07, 6.45) is 1.24. The molecule has 98 valence electrons. The number of benzene rings is 2. The SMILES string of the molecule is CC1Cc2cc(C(Cl)c3ccccc3I)ccc2O1. The lowest BCUT2D eigenvalue weighted by molar-refractivity contribution is 0.254. The molecule has 0 radical (unpaired) electrons. The van der Waals surface area contributed by atoms with E-state index in [1.165, 1.54) is 9.13 Å². The summed E-state index contributed by atoms with van der Waals surface area (Å²) in [5, 5.41) is -0.102. The minimum Gasteiger partial charge on any atom is -0.490 e. The summed E-state index contributed by atoms with van der Waals surface area (Å²) in [5.74, 6) is 1.00. The zero-order valence-electron chi connectivity index (χ0n) is 10.6. The van der Waals surface area contributed by atoms with Crippen molar-refractivity contribution in [2.24, 2.45) is 0 Å². The Morgan fingerprint density at radius 3 is 2.84 bits per heavy atom. The fourth-order valence-electron chi connectivity index (χ4n) is 2.46. The van der Waals surface area contributed by atoms with Gasteiger partial charge >= 0.3 is 0 Å². The van der Waals surface area contributed by atoms with E-state index in [0.29, 0.717) is 0 Å². The molecule has 1 nitrogen and oxygen atoms in total. The third kappa shape index (κ3) is 2.61. The quantitative estimate of drug-likeness (QED) is 0.526. The first kappa shape index (κ1) is 13.3. The van der Waals surface area contributed by atoms with E-state index in [-0.39, 0.29) is 11.5 Å². The fourth-order valence-corrected chi connectivity index (χ4v) is 3.67. The Labute approximate surface area is 132 Å². The van der Waals surface area contributed by atoms with E-state index in [4.69, 9.17) is 16.3 Å². The highest BCUT2D eigenvalue weighted by Gasteiger charge is 2.21. The lowest BCUT2D eigenvalue weighted by atomic mass is 10.0. The minimum atomic E-state index is -0.102. The van der Waals surface area contributed by atoms with E-state index in [9.17, 15) is 0 Å². The van der Waals surface area contributed by atoms with Crippen LogP contribution in [-0.4, -0.2) is 6.10 Å². The molecule has 0 fully saturated rings. The topological polar surface area (TPSA) is 9.23 Å². The molecule has 2 aromatic rings. The average molecular weight is 385 g/mol. The van der Waals surface area contributed by atoms with Crippen LogP contribution in [0.2, 0.25) is 0 Å². The van der Waals surface area contributed by atoms with Gasteiger partial charge in [0.05, 0.1) is 5.38 Å². The van der Waals surface area contributed by atoms with Crippen LogP contribution in [-0.2, 0) is 6.42 Å². The van der Waals surface area contributed by atoms with Gasteiger partial charge < -0.3 is 4.74 Å². The zero-order valence-corrected chi connectivity index (χ0v) is 13.5. The average Bonchev–Trinajstić information content (AvgIpc) is 2.77. The maximum Gasteiger partial charge on any atom is 0.123 e. The van der Waals surface area contributed by atoms with Crippen molar-refractivity contribution in [1.29, 1.82) is 0 Å². The molecule has 2 aromatic carbocycles. The Balaban J connectivity index is 1.95. The van der Waals surface area contributed by atoms with Gasteiger partial charge in [-0.25, -0.2) is 0 Å². The lowest BCUT2D eigenvalue weighted by Gasteiger charge is -2.13. The molecule has 0 saturated carbocycles. The van der Waals surface area contributed by atoms with Gasteiger partial charge in [0.1, 0.15) is 11.9 Å². The third-order valence-electron chi connectivity index (χ3n) is 3.39. The highest BCUT2D eigenvalue weighted by atomic mass is 127. The molecule has 1 heterocycles. The van der Waals surface area contributed by atoms with E-state index in [1.54, 1.807) is 0 Å². The molecule has 1 aliphatic heterocycles. The molecule has 0 amide bonds. The molecule has 0 bridgehead atoms. The molecule has 0 aliphatic carbocycles. The van der Waals surface area contributed by atoms with Crippen molar-refractivity contribution in [1.82, 2.24) is 0 Å². The van der Waals surface area contributed by atoms with Crippen molar-refractivity contribution < 1.29 is 4.74 Å². The molecule has 1 aliphatic rings. The molecular formula is C16H14ClIO. The summed E-state index contributed by atoms with van der Waals surface area (Å²) < 4.78 is 6.93. The van der Waals surface area contributed by atoms with Gasteiger partial charge in [-0.15, -0.1) is 11.6 Å². The molecule has 0 N–H and O–H groups in total. The predicted octanol–water partition coefficient (Wildman–Crippen LogP) is 4.94. The van der Waals surface area contributed by atoms with Gasteiger partial charge in [0.25, 0.3) is 0 Å². The monoisotopic (exact) mass is 384 g/mol. The van der Waals surface area contributed by atoms with Gasteiger partial charge in [0.2, 0.25) is 0 Å². The summed E-state index contributed by atoms with van der Waals surface area (Å²) in [7, 11) is 0. The van der Waals surface area contributed by atoms with Crippen molar-refractivity contribution in [3.8, 4) is 5.75 Å². The molecule has 0 saturated heterocycles. The summed E-state index contributed by atoms with van der Waals surface area (Å²) in [6.45, 7) is 2.10. The van der Waals surface area contributed by atoms with E-state index in [1.807, 2.05) is 18.2 Å². The fraction of sp³-hybridized carbons (Fsp3) is 0.250. The smallest absolute Gasteiger partial charge is 0.123 e. The Bertz CT molecular complexity index is 611. The maximum absolute atomic E-state index is 6.63. The molecule has 3 heteroatoms. The summed E-state index contributed by atoms with van der Waals surface area (Å²) in [4.78, 5) is 0. The maximum atomic E-state index is 6.63. The van der Waals surface area contributed by atoms with Crippen LogP contribution in [0.5, 0.6) is 5.75 Å². The predicted molar refractivity (Wildman–Crippen MR) is 87.1 cm³/mol. The lowest BCUT2D eigenvalue weighted by Crippen LogP contribution is -2.05. The van der Waals surface area contributed by atoms with Crippen LogP contribution in [0.4, 0.5) is 0 Å². The number of fused-ring (bicyclic) bond motifs is 1. The van der Waals surface area contributed by atoms with Crippen LogP contribution in [0.25, 0.3) is 0 Å². The van der Waals surface area contributed by atoms with Gasteiger partial charge in [-0.05, 0) is 58.3 Å². The third-order valence-corrected chi connectivity index (χ3v) is 4.86. The highest BCUT2D eigenvalue weighted by Crippen LogP contribution is 2.36. The molecule has 3 rings (SSSR count). The van der Waals surface area contributed by atoms with Gasteiger partial charge in [0.15, 0.2) is 0 Å². The summed E-state index contributed by atoms with van der Waals surface area (Å²) in [6, 6.07) is 14.5. The zero-order chi connectivity index (χ0) is 13.4. The van der Waals surface area contributed by atoms with Crippen LogP contribution in [0.3, 0.4) is 0 Å². The number of hydrogen-bond acceptors (Lipinski definition) is 1. The van der Waals surface area contributed by atoms with Crippen LogP contribution < -0.4 is 4.74 Å². The first-order valence-electron chi connectivity index (χ1n) is 6.33. The molecule has 2 unspecified atom stereocenters. The van der Waals surface area contributed by atoms with Gasteiger partial charge in [-0.2, -0.15) is 0 Å². The summed E-state index contributed by atoms with van der Waals surface area (Å²) in [5.41, 5.74) is 3.57. The molecule has 0 aromatic heterocycles. The number of hydrogen-bond donors (Lipinski definition) is 0. The van der Waals surface area contributed by atoms with Crippen LogP contribution in [0.15, 0.2) is 42.5 Å². The van der Waals surface area contributed by atoms with Crippen molar-refractivity contribution in [2.45, 2.75) is 24.8 Å². The van der Waals surface area contributed by atoms with E-state index in [2.05, 4.69) is 53.8 Å². The second-order valence-corrected chi connectivity index (χ2v) is 6.48. The Morgan fingerprint density at radius 2 is 2.05 bits per heavy atom. The van der Waals surface area contributed by atoms with E-state index < -0.39 is 0 Å². The second kappa shape index (κ2) is 5.33. The van der Waals surface area contributed by atoms with Gasteiger partial charge in [-0.3, -0.25) is 0 Å². The first-order valence-corrected chi connectivity index (χ1v) is 7.84.